The SMILES string of the molecule is CN1CCC(N2CCNCC2C(=O)O)C1. The van der Waals surface area contributed by atoms with E-state index < -0.39 is 5.97 Å². The van der Waals surface area contributed by atoms with Gasteiger partial charge in [-0.05, 0) is 20.0 Å². The Morgan fingerprint density at radius 1 is 1.47 bits per heavy atom. The van der Waals surface area contributed by atoms with E-state index in [0.717, 1.165) is 32.6 Å². The smallest absolute Gasteiger partial charge is 0.322 e. The molecule has 2 unspecified atom stereocenters. The normalized spacial score (nSPS) is 34.5. The summed E-state index contributed by atoms with van der Waals surface area (Å²) in [7, 11) is 2.10. The number of piperazine rings is 1. The number of likely N-dealkylation sites (tertiary alicyclic amines) is 1. The van der Waals surface area contributed by atoms with Crippen LogP contribution in [0.4, 0.5) is 0 Å². The third-order valence-electron chi connectivity index (χ3n) is 3.41. The van der Waals surface area contributed by atoms with Gasteiger partial charge in [0.15, 0.2) is 0 Å². The Balaban J connectivity index is 2.01. The quantitative estimate of drug-likeness (QED) is 0.619. The van der Waals surface area contributed by atoms with Gasteiger partial charge < -0.3 is 15.3 Å². The van der Waals surface area contributed by atoms with E-state index in [9.17, 15) is 4.79 Å². The number of carboxylic acids is 1. The van der Waals surface area contributed by atoms with Gasteiger partial charge in [-0.2, -0.15) is 0 Å². The number of aliphatic carboxylic acids is 1. The van der Waals surface area contributed by atoms with E-state index in [1.165, 1.54) is 0 Å². The van der Waals surface area contributed by atoms with Gasteiger partial charge in [0.1, 0.15) is 6.04 Å². The summed E-state index contributed by atoms with van der Waals surface area (Å²) in [4.78, 5) is 15.5. The van der Waals surface area contributed by atoms with E-state index in [1.54, 1.807) is 0 Å². The molecule has 0 amide bonds. The molecule has 2 heterocycles. The number of nitrogens with one attached hydrogen (secondary N) is 1. The lowest BCUT2D eigenvalue weighted by atomic mass is 10.1. The molecular weight excluding hydrogens is 194 g/mol. The van der Waals surface area contributed by atoms with Crippen molar-refractivity contribution in [2.45, 2.75) is 18.5 Å². The van der Waals surface area contributed by atoms with Crippen LogP contribution in [0.25, 0.3) is 0 Å². The van der Waals surface area contributed by atoms with Crippen molar-refractivity contribution in [2.24, 2.45) is 0 Å². The molecule has 0 bridgehead atoms. The summed E-state index contributed by atoms with van der Waals surface area (Å²) in [5.74, 6) is -0.697. The molecule has 5 heteroatoms. The monoisotopic (exact) mass is 213 g/mol. The van der Waals surface area contributed by atoms with Crippen LogP contribution in [-0.2, 0) is 4.79 Å². The predicted molar refractivity (Wildman–Crippen MR) is 56.9 cm³/mol. The average Bonchev–Trinajstić information content (AvgIpc) is 2.65. The standard InChI is InChI=1S/C10H19N3O2/c1-12-4-2-8(7-12)13-5-3-11-6-9(13)10(14)15/h8-9,11H,2-7H2,1H3,(H,14,15). The van der Waals surface area contributed by atoms with Crippen LogP contribution in [0.2, 0.25) is 0 Å². The molecule has 0 aromatic rings. The van der Waals surface area contributed by atoms with Crippen molar-refractivity contribution < 1.29 is 9.90 Å². The zero-order valence-electron chi connectivity index (χ0n) is 9.15. The summed E-state index contributed by atoms with van der Waals surface area (Å²) < 4.78 is 0. The van der Waals surface area contributed by atoms with Gasteiger partial charge in [0.05, 0.1) is 0 Å². The van der Waals surface area contributed by atoms with E-state index >= 15 is 0 Å². The number of hydrogen-bond acceptors (Lipinski definition) is 4. The zero-order valence-corrected chi connectivity index (χ0v) is 9.15. The summed E-state index contributed by atoms with van der Waals surface area (Å²) in [6.07, 6.45) is 1.10. The Morgan fingerprint density at radius 2 is 2.27 bits per heavy atom. The van der Waals surface area contributed by atoms with E-state index in [4.69, 9.17) is 5.11 Å². The van der Waals surface area contributed by atoms with Crippen molar-refractivity contribution in [1.29, 1.82) is 0 Å². The highest BCUT2D eigenvalue weighted by atomic mass is 16.4. The first kappa shape index (κ1) is 10.9. The molecule has 2 rings (SSSR count). The Hall–Kier alpha value is -0.650. The summed E-state index contributed by atoms with van der Waals surface area (Å²) >= 11 is 0. The van der Waals surface area contributed by atoms with Crippen LogP contribution < -0.4 is 5.32 Å². The van der Waals surface area contributed by atoms with E-state index in [2.05, 4.69) is 22.2 Å². The molecule has 0 aromatic carbocycles. The van der Waals surface area contributed by atoms with Crippen molar-refractivity contribution in [3.05, 3.63) is 0 Å². The average molecular weight is 213 g/mol. The highest BCUT2D eigenvalue weighted by Crippen LogP contribution is 2.18. The molecular formula is C10H19N3O2. The minimum Gasteiger partial charge on any atom is -0.480 e. The van der Waals surface area contributed by atoms with Gasteiger partial charge in [-0.25, -0.2) is 0 Å². The van der Waals surface area contributed by atoms with Gasteiger partial charge in [0.25, 0.3) is 0 Å². The minimum atomic E-state index is -0.697. The van der Waals surface area contributed by atoms with Crippen molar-refractivity contribution >= 4 is 5.97 Å². The number of rotatable bonds is 2. The van der Waals surface area contributed by atoms with Crippen LogP contribution in [0.1, 0.15) is 6.42 Å². The molecule has 2 atom stereocenters. The lowest BCUT2D eigenvalue weighted by molar-refractivity contribution is -0.145. The van der Waals surface area contributed by atoms with E-state index in [0.29, 0.717) is 12.6 Å². The summed E-state index contributed by atoms with van der Waals surface area (Å²) in [5.41, 5.74) is 0. The topological polar surface area (TPSA) is 55.8 Å². The third-order valence-corrected chi connectivity index (χ3v) is 3.41. The van der Waals surface area contributed by atoms with Gasteiger partial charge in [-0.3, -0.25) is 9.69 Å². The molecule has 2 aliphatic rings. The molecule has 0 aliphatic carbocycles. The molecule has 86 valence electrons. The Labute approximate surface area is 90.0 Å². The van der Waals surface area contributed by atoms with Crippen LogP contribution in [0.5, 0.6) is 0 Å². The maximum atomic E-state index is 11.1. The van der Waals surface area contributed by atoms with Gasteiger partial charge in [0, 0.05) is 32.2 Å². The second kappa shape index (κ2) is 4.47. The zero-order chi connectivity index (χ0) is 10.8. The third kappa shape index (κ3) is 2.30. The molecule has 2 saturated heterocycles. The molecule has 2 fully saturated rings. The first-order valence-electron chi connectivity index (χ1n) is 5.56. The molecule has 0 saturated carbocycles. The van der Waals surface area contributed by atoms with Crippen molar-refractivity contribution in [3.63, 3.8) is 0 Å². The van der Waals surface area contributed by atoms with Crippen molar-refractivity contribution in [2.75, 3.05) is 39.8 Å². The van der Waals surface area contributed by atoms with Crippen LogP contribution in [0.3, 0.4) is 0 Å². The minimum absolute atomic E-state index is 0.338. The molecule has 0 aromatic heterocycles. The fourth-order valence-corrected chi connectivity index (χ4v) is 2.57. The number of nitrogens with zero attached hydrogens (tertiary/aromatic N) is 2. The Bertz CT molecular complexity index is 247. The predicted octanol–water partition coefficient (Wildman–Crippen LogP) is -0.951. The number of carboxylic acid groups (broad SMARTS) is 1. The van der Waals surface area contributed by atoms with Gasteiger partial charge in [-0.15, -0.1) is 0 Å². The number of likely N-dealkylation sites (N-methyl/N-ethyl adjacent to an activating group) is 1. The number of hydrogen-bond donors (Lipinski definition) is 2. The fraction of sp³-hybridized carbons (Fsp3) is 0.900. The fourth-order valence-electron chi connectivity index (χ4n) is 2.57. The largest absolute Gasteiger partial charge is 0.480 e. The highest BCUT2D eigenvalue weighted by Gasteiger charge is 2.35. The lowest BCUT2D eigenvalue weighted by Gasteiger charge is -2.37. The van der Waals surface area contributed by atoms with Crippen LogP contribution in [0.15, 0.2) is 0 Å². The summed E-state index contributed by atoms with van der Waals surface area (Å²) in [5, 5.41) is 12.3. The van der Waals surface area contributed by atoms with Gasteiger partial charge in [0.2, 0.25) is 0 Å². The van der Waals surface area contributed by atoms with Crippen LogP contribution >= 0.6 is 0 Å². The van der Waals surface area contributed by atoms with E-state index in [1.807, 2.05) is 0 Å². The highest BCUT2D eigenvalue weighted by molar-refractivity contribution is 5.74. The Kier molecular flexibility index (Phi) is 3.23. The Morgan fingerprint density at radius 3 is 2.87 bits per heavy atom. The first-order valence-corrected chi connectivity index (χ1v) is 5.56. The second-order valence-corrected chi connectivity index (χ2v) is 4.50. The molecule has 15 heavy (non-hydrogen) atoms. The second-order valence-electron chi connectivity index (χ2n) is 4.50. The first-order chi connectivity index (χ1) is 7.18. The van der Waals surface area contributed by atoms with Gasteiger partial charge in [-0.1, -0.05) is 0 Å². The van der Waals surface area contributed by atoms with Crippen molar-refractivity contribution in [1.82, 2.24) is 15.1 Å². The molecule has 2 aliphatic heterocycles. The summed E-state index contributed by atoms with van der Waals surface area (Å²) in [6.45, 7) is 4.43. The molecule has 0 spiro atoms. The number of carbonyl (C=O) groups is 1. The summed E-state index contributed by atoms with van der Waals surface area (Å²) in [6, 6.07) is 0.0912. The van der Waals surface area contributed by atoms with Crippen molar-refractivity contribution in [3.8, 4) is 0 Å². The van der Waals surface area contributed by atoms with Crippen LogP contribution in [-0.4, -0.2) is 72.7 Å². The molecule has 0 radical (unpaired) electrons. The molecule has 5 nitrogen and oxygen atoms in total. The lowest BCUT2D eigenvalue weighted by Crippen LogP contribution is -2.58. The maximum absolute atomic E-state index is 11.1. The van der Waals surface area contributed by atoms with Gasteiger partial charge >= 0.3 is 5.97 Å². The maximum Gasteiger partial charge on any atom is 0.322 e. The van der Waals surface area contributed by atoms with Crippen LogP contribution in [0, 0.1) is 0 Å². The molecule has 2 N–H and O–H groups in total. The van der Waals surface area contributed by atoms with E-state index in [-0.39, 0.29) is 6.04 Å².